The van der Waals surface area contributed by atoms with Crippen LogP contribution in [0.3, 0.4) is 0 Å². The highest BCUT2D eigenvalue weighted by Crippen LogP contribution is 2.43. The predicted octanol–water partition coefficient (Wildman–Crippen LogP) is 6.81. The van der Waals surface area contributed by atoms with Gasteiger partial charge in [0.15, 0.2) is 15.9 Å². The highest BCUT2D eigenvalue weighted by atomic mass is 35.5. The van der Waals surface area contributed by atoms with Crippen LogP contribution in [-0.2, 0) is 15.3 Å². The van der Waals surface area contributed by atoms with Gasteiger partial charge in [0.1, 0.15) is 5.82 Å². The number of carbonyl (C=O) groups is 2. The number of aromatic nitrogens is 2. The van der Waals surface area contributed by atoms with Crippen molar-refractivity contribution in [1.82, 2.24) is 10.2 Å². The number of hydrogen-bond donors (Lipinski definition) is 1. The second kappa shape index (κ2) is 11.3. The third-order valence-electron chi connectivity index (χ3n) is 5.80. The molecule has 190 valence electrons. The first-order valence-electron chi connectivity index (χ1n) is 11.4. The summed E-state index contributed by atoms with van der Waals surface area (Å²) in [7, 11) is 0. The van der Waals surface area contributed by atoms with E-state index in [4.69, 9.17) is 11.6 Å². The van der Waals surface area contributed by atoms with Gasteiger partial charge in [0, 0.05) is 10.8 Å². The van der Waals surface area contributed by atoms with Crippen molar-refractivity contribution in [1.29, 1.82) is 0 Å². The Kier molecular flexibility index (Phi) is 7.69. The fourth-order valence-corrected chi connectivity index (χ4v) is 6.11. The number of rotatable bonds is 8. The molecule has 0 saturated heterocycles. The number of benzene rings is 3. The Hall–Kier alpha value is -3.79. The lowest BCUT2D eigenvalue weighted by Crippen LogP contribution is -2.30. The van der Waals surface area contributed by atoms with Crippen LogP contribution < -0.4 is 4.90 Å². The summed E-state index contributed by atoms with van der Waals surface area (Å²) in [6.45, 7) is 0. The van der Waals surface area contributed by atoms with Gasteiger partial charge in [-0.3, -0.25) is 14.5 Å². The Morgan fingerprint density at radius 1 is 1.05 bits per heavy atom. The molecule has 0 aliphatic carbocycles. The number of aliphatic hydroxyl groups is 1. The number of hydrogen-bond acceptors (Lipinski definition) is 7. The van der Waals surface area contributed by atoms with E-state index in [0.717, 1.165) is 22.5 Å². The molecule has 0 radical (unpaired) electrons. The van der Waals surface area contributed by atoms with E-state index in [1.807, 2.05) is 48.5 Å². The van der Waals surface area contributed by atoms with Gasteiger partial charge in [-0.25, -0.2) is 4.39 Å². The molecule has 5 rings (SSSR count). The highest BCUT2D eigenvalue weighted by molar-refractivity contribution is 8.00. The van der Waals surface area contributed by atoms with E-state index in [1.54, 1.807) is 12.1 Å². The summed E-state index contributed by atoms with van der Waals surface area (Å²) in [6.07, 6.45) is 2.91. The van der Waals surface area contributed by atoms with Gasteiger partial charge in [0.05, 0.1) is 11.6 Å². The molecule has 4 aromatic rings. The van der Waals surface area contributed by atoms with Crippen LogP contribution in [0.2, 0.25) is 5.02 Å². The summed E-state index contributed by atoms with van der Waals surface area (Å²) in [5.74, 6) is -1.93. The van der Waals surface area contributed by atoms with Crippen LogP contribution in [0.4, 0.5) is 9.52 Å². The number of ketones is 1. The van der Waals surface area contributed by atoms with E-state index in [0.29, 0.717) is 20.7 Å². The molecule has 3 aromatic carbocycles. The zero-order chi connectivity index (χ0) is 26.6. The lowest BCUT2D eigenvalue weighted by Gasteiger charge is -2.23. The summed E-state index contributed by atoms with van der Waals surface area (Å²) >= 11 is 8.79. The highest BCUT2D eigenvalue weighted by Gasteiger charge is 2.45. The Balaban J connectivity index is 1.46. The van der Waals surface area contributed by atoms with Crippen LogP contribution in [0, 0.1) is 5.82 Å². The van der Waals surface area contributed by atoms with Crippen molar-refractivity contribution >= 4 is 57.6 Å². The molecule has 1 N–H and O–H groups in total. The van der Waals surface area contributed by atoms with Crippen LogP contribution in [0.1, 0.15) is 22.7 Å². The first-order chi connectivity index (χ1) is 18.4. The Morgan fingerprint density at radius 2 is 1.76 bits per heavy atom. The molecule has 1 amide bonds. The van der Waals surface area contributed by atoms with Crippen molar-refractivity contribution in [2.75, 3.05) is 4.90 Å². The third kappa shape index (κ3) is 5.40. The van der Waals surface area contributed by atoms with E-state index in [2.05, 4.69) is 10.2 Å². The molecule has 10 heteroatoms. The van der Waals surface area contributed by atoms with Gasteiger partial charge < -0.3 is 5.11 Å². The number of thioether (sulfide) groups is 1. The van der Waals surface area contributed by atoms with Gasteiger partial charge in [-0.2, -0.15) is 0 Å². The summed E-state index contributed by atoms with van der Waals surface area (Å²) in [5.41, 5.74) is 2.04. The van der Waals surface area contributed by atoms with Gasteiger partial charge in [0.25, 0.3) is 5.91 Å². The largest absolute Gasteiger partial charge is 0.503 e. The molecule has 38 heavy (non-hydrogen) atoms. The molecule has 1 atom stereocenters. The summed E-state index contributed by atoms with van der Waals surface area (Å²) in [5, 5.41) is 20.0. The number of halogens is 2. The lowest BCUT2D eigenvalue weighted by atomic mass is 9.96. The summed E-state index contributed by atoms with van der Waals surface area (Å²) < 4.78 is 14.3. The minimum Gasteiger partial charge on any atom is -0.503 e. The van der Waals surface area contributed by atoms with Gasteiger partial charge in [0.2, 0.25) is 5.13 Å². The van der Waals surface area contributed by atoms with Crippen molar-refractivity contribution in [3.63, 3.8) is 0 Å². The summed E-state index contributed by atoms with van der Waals surface area (Å²) in [4.78, 5) is 27.8. The van der Waals surface area contributed by atoms with Gasteiger partial charge in [-0.15, -0.1) is 10.2 Å². The van der Waals surface area contributed by atoms with Gasteiger partial charge in [-0.05, 0) is 41.0 Å². The minimum absolute atomic E-state index is 0.116. The predicted molar refractivity (Wildman–Crippen MR) is 148 cm³/mol. The molecular weight excluding hydrogens is 545 g/mol. The standard InChI is InChI=1S/C28H19ClFN3O3S2/c29-21-9-5-4-8-19(21)16-37-28-32-31-27(38-28)33-24(18-11-13-20(30)14-12-18)23(25(35)26(33)36)22(34)15-10-17-6-2-1-3-7-17/h1-15,24,35H,16H2. The average Bonchev–Trinajstić information content (AvgIpc) is 3.50. The Morgan fingerprint density at radius 3 is 2.50 bits per heavy atom. The van der Waals surface area contributed by atoms with Crippen molar-refractivity contribution in [2.24, 2.45) is 0 Å². The van der Waals surface area contributed by atoms with Gasteiger partial charge in [-0.1, -0.05) is 101 Å². The van der Waals surface area contributed by atoms with Crippen LogP contribution in [0.25, 0.3) is 6.08 Å². The van der Waals surface area contributed by atoms with Crippen molar-refractivity contribution in [3.05, 3.63) is 124 Å². The van der Waals surface area contributed by atoms with E-state index < -0.39 is 29.3 Å². The van der Waals surface area contributed by atoms with E-state index >= 15 is 0 Å². The van der Waals surface area contributed by atoms with Crippen LogP contribution in [0.15, 0.2) is 101 Å². The molecule has 0 spiro atoms. The third-order valence-corrected chi connectivity index (χ3v) is 8.27. The second-order valence-electron chi connectivity index (χ2n) is 8.23. The molecule has 0 fully saturated rings. The first kappa shape index (κ1) is 25.8. The van der Waals surface area contributed by atoms with Crippen molar-refractivity contribution in [2.45, 2.75) is 16.1 Å². The molecular formula is C28H19ClFN3O3S2. The maximum Gasteiger partial charge on any atom is 0.296 e. The first-order valence-corrected chi connectivity index (χ1v) is 13.6. The molecule has 2 heterocycles. The Bertz CT molecular complexity index is 1560. The molecule has 1 unspecified atom stereocenters. The van der Waals surface area contributed by atoms with Crippen LogP contribution in [-0.4, -0.2) is 27.0 Å². The van der Waals surface area contributed by atoms with Crippen molar-refractivity contribution < 1.29 is 19.1 Å². The molecule has 1 aliphatic heterocycles. The quantitative estimate of drug-likeness (QED) is 0.144. The molecule has 1 aliphatic rings. The van der Waals surface area contributed by atoms with E-state index in [-0.39, 0.29) is 10.7 Å². The number of nitrogens with zero attached hydrogens (tertiary/aromatic N) is 3. The smallest absolute Gasteiger partial charge is 0.296 e. The summed E-state index contributed by atoms with van der Waals surface area (Å²) in [6, 6.07) is 21.0. The molecule has 1 aromatic heterocycles. The van der Waals surface area contributed by atoms with E-state index in [1.165, 1.54) is 47.0 Å². The molecule has 0 saturated carbocycles. The van der Waals surface area contributed by atoms with Crippen molar-refractivity contribution in [3.8, 4) is 0 Å². The second-order valence-corrected chi connectivity index (χ2v) is 10.8. The zero-order valence-electron chi connectivity index (χ0n) is 19.6. The minimum atomic E-state index is -1.01. The fraction of sp³-hybridized carbons (Fsp3) is 0.0714. The molecule has 0 bridgehead atoms. The average molecular weight is 564 g/mol. The number of carbonyl (C=O) groups excluding carboxylic acids is 2. The van der Waals surface area contributed by atoms with Crippen LogP contribution in [0.5, 0.6) is 0 Å². The maximum atomic E-state index is 13.7. The lowest BCUT2D eigenvalue weighted by molar-refractivity contribution is -0.117. The number of aliphatic hydroxyl groups excluding tert-OH is 1. The van der Waals surface area contributed by atoms with Gasteiger partial charge >= 0.3 is 0 Å². The number of allylic oxidation sites excluding steroid dienone is 1. The number of anilines is 1. The SMILES string of the molecule is O=C(C=Cc1ccccc1)C1=C(O)C(=O)N(c2nnc(SCc3ccccc3Cl)s2)C1c1ccc(F)cc1. The monoisotopic (exact) mass is 563 g/mol. The van der Waals surface area contributed by atoms with Crippen LogP contribution >= 0.6 is 34.7 Å². The molecule has 6 nitrogen and oxygen atoms in total. The topological polar surface area (TPSA) is 83.4 Å². The normalized spacial score (nSPS) is 15.6. The zero-order valence-corrected chi connectivity index (χ0v) is 22.0. The maximum absolute atomic E-state index is 13.7. The number of amides is 1. The van der Waals surface area contributed by atoms with E-state index in [9.17, 15) is 19.1 Å². The fourth-order valence-electron chi connectivity index (χ4n) is 3.95. The Labute approximate surface area is 231 Å².